The van der Waals surface area contributed by atoms with Crippen molar-refractivity contribution in [3.63, 3.8) is 0 Å². The van der Waals surface area contributed by atoms with Crippen molar-refractivity contribution in [1.29, 1.82) is 0 Å². The number of halogens is 2. The van der Waals surface area contributed by atoms with Gasteiger partial charge in [-0.15, -0.1) is 0 Å². The maximum absolute atomic E-state index is 13.5. The van der Waals surface area contributed by atoms with Crippen LogP contribution in [0.3, 0.4) is 0 Å². The lowest BCUT2D eigenvalue weighted by Crippen LogP contribution is -2.36. The van der Waals surface area contributed by atoms with Gasteiger partial charge in [-0.25, -0.2) is 4.39 Å². The van der Waals surface area contributed by atoms with E-state index in [2.05, 4.69) is 16.1 Å². The van der Waals surface area contributed by atoms with E-state index in [1.807, 2.05) is 18.2 Å². The molecule has 1 aliphatic rings. The molecule has 9 heteroatoms. The second-order valence-electron chi connectivity index (χ2n) is 8.44. The Morgan fingerprint density at radius 3 is 2.44 bits per heavy atom. The van der Waals surface area contributed by atoms with Gasteiger partial charge in [-0.05, 0) is 36.2 Å². The summed E-state index contributed by atoms with van der Waals surface area (Å²) < 4.78 is 22.0. The predicted octanol–water partition coefficient (Wildman–Crippen LogP) is 3.46. The molecule has 34 heavy (non-hydrogen) atoms. The van der Waals surface area contributed by atoms with Crippen molar-refractivity contribution in [3.8, 4) is 5.69 Å². The van der Waals surface area contributed by atoms with Crippen LogP contribution in [-0.2, 0) is 17.8 Å². The fourth-order valence-electron chi connectivity index (χ4n) is 4.51. The fraction of sp³-hybridized carbons (Fsp3) is 0.280. The molecule has 0 atom stereocenters. The highest BCUT2D eigenvalue weighted by atomic mass is 35.5. The van der Waals surface area contributed by atoms with E-state index in [4.69, 9.17) is 16.3 Å². The molecule has 7 nitrogen and oxygen atoms in total. The van der Waals surface area contributed by atoms with Crippen molar-refractivity contribution in [1.82, 2.24) is 19.2 Å². The Morgan fingerprint density at radius 2 is 1.74 bits per heavy atom. The molecule has 1 N–H and O–H groups in total. The van der Waals surface area contributed by atoms with E-state index in [0.717, 1.165) is 44.0 Å². The van der Waals surface area contributed by atoms with Crippen LogP contribution in [0.4, 0.5) is 4.39 Å². The molecule has 4 aromatic rings. The molecule has 0 bridgehead atoms. The number of aromatic nitrogens is 3. The zero-order chi connectivity index (χ0) is 23.8. The summed E-state index contributed by atoms with van der Waals surface area (Å²) in [7, 11) is 0. The minimum atomic E-state index is -0.484. The van der Waals surface area contributed by atoms with Gasteiger partial charge in [0.15, 0.2) is 0 Å². The Morgan fingerprint density at radius 1 is 1.03 bits per heavy atom. The number of ether oxygens (including phenoxy) is 1. The first-order chi connectivity index (χ1) is 16.4. The van der Waals surface area contributed by atoms with E-state index in [1.165, 1.54) is 28.9 Å². The topological polar surface area (TPSA) is 72.3 Å². The van der Waals surface area contributed by atoms with Crippen LogP contribution in [0.1, 0.15) is 16.8 Å². The number of pyridine rings is 1. The maximum atomic E-state index is 13.5. The van der Waals surface area contributed by atoms with Crippen molar-refractivity contribution in [2.75, 3.05) is 26.3 Å². The number of nitrogens with zero attached hydrogens (tertiary/aromatic N) is 3. The maximum Gasteiger partial charge on any atom is 0.274 e. The third-order valence-corrected chi connectivity index (χ3v) is 6.63. The number of nitrogens with one attached hydrogen (secondary N) is 1. The molecule has 5 rings (SSSR count). The standard InChI is InChI=1S/C25H24ClFN4O3/c1-16-24-22(31(28-25(24)33)21-7-6-19(27)12-20(21)26)13-23(32)30(16)15-18-5-3-2-4-17(18)14-29-8-10-34-11-9-29/h2-7,12-13H,8-11,14-15H2,1H3,(H,28,33). The number of rotatable bonds is 5. The Hall–Kier alpha value is -3.20. The minimum absolute atomic E-state index is 0.132. The van der Waals surface area contributed by atoms with E-state index in [0.29, 0.717) is 28.8 Å². The third kappa shape index (κ3) is 4.20. The molecule has 0 spiro atoms. The Bertz CT molecular complexity index is 1480. The van der Waals surface area contributed by atoms with Crippen LogP contribution in [0, 0.1) is 12.7 Å². The predicted molar refractivity (Wildman–Crippen MR) is 130 cm³/mol. The molecule has 2 aromatic carbocycles. The van der Waals surface area contributed by atoms with Gasteiger partial charge in [0, 0.05) is 31.4 Å². The Kier molecular flexibility index (Phi) is 6.12. The van der Waals surface area contributed by atoms with Gasteiger partial charge >= 0.3 is 0 Å². The molecule has 0 unspecified atom stereocenters. The molecule has 1 fully saturated rings. The Labute approximate surface area is 199 Å². The van der Waals surface area contributed by atoms with Gasteiger partial charge in [-0.3, -0.25) is 24.3 Å². The second kappa shape index (κ2) is 9.21. The molecular formula is C25H24ClFN4O3. The fourth-order valence-corrected chi connectivity index (χ4v) is 4.76. The van der Waals surface area contributed by atoms with Crippen molar-refractivity contribution in [3.05, 3.63) is 96.9 Å². The van der Waals surface area contributed by atoms with Crippen LogP contribution in [0.15, 0.2) is 58.1 Å². The highest BCUT2D eigenvalue weighted by Crippen LogP contribution is 2.25. The van der Waals surface area contributed by atoms with Gasteiger partial charge in [-0.1, -0.05) is 35.9 Å². The quantitative estimate of drug-likeness (QED) is 0.473. The van der Waals surface area contributed by atoms with Gasteiger partial charge in [0.2, 0.25) is 0 Å². The van der Waals surface area contributed by atoms with Crippen molar-refractivity contribution >= 4 is 22.5 Å². The van der Waals surface area contributed by atoms with Gasteiger partial charge in [0.05, 0.1) is 41.4 Å². The smallest absolute Gasteiger partial charge is 0.274 e. The summed E-state index contributed by atoms with van der Waals surface area (Å²) in [5.74, 6) is -0.484. The lowest BCUT2D eigenvalue weighted by Gasteiger charge is -2.27. The SMILES string of the molecule is Cc1c2c(=O)[nH]n(-c3ccc(F)cc3Cl)c2cc(=O)n1Cc1ccccc1CN1CCOCC1. The number of benzene rings is 2. The second-order valence-corrected chi connectivity index (χ2v) is 8.85. The number of morpholine rings is 1. The summed E-state index contributed by atoms with van der Waals surface area (Å²) in [4.78, 5) is 28.4. The summed E-state index contributed by atoms with van der Waals surface area (Å²) >= 11 is 6.21. The van der Waals surface area contributed by atoms with Crippen LogP contribution in [0.5, 0.6) is 0 Å². The normalized spacial score (nSPS) is 14.7. The van der Waals surface area contributed by atoms with Gasteiger partial charge in [-0.2, -0.15) is 0 Å². The first kappa shape index (κ1) is 22.6. The molecule has 3 heterocycles. The molecule has 2 aromatic heterocycles. The highest BCUT2D eigenvalue weighted by Gasteiger charge is 2.18. The summed E-state index contributed by atoms with van der Waals surface area (Å²) in [5, 5.41) is 3.26. The minimum Gasteiger partial charge on any atom is -0.379 e. The third-order valence-electron chi connectivity index (χ3n) is 6.33. The number of H-pyrrole nitrogens is 1. The number of fused-ring (bicyclic) bond motifs is 1. The number of aryl methyl sites for hydroxylation is 1. The summed E-state index contributed by atoms with van der Waals surface area (Å²) in [6.07, 6.45) is 0. The number of hydrogen-bond acceptors (Lipinski definition) is 4. The average molecular weight is 483 g/mol. The van der Waals surface area contributed by atoms with Gasteiger partial charge < -0.3 is 9.30 Å². The van der Waals surface area contributed by atoms with Crippen LogP contribution in [0.25, 0.3) is 16.6 Å². The van der Waals surface area contributed by atoms with E-state index in [1.54, 1.807) is 11.5 Å². The first-order valence-electron chi connectivity index (χ1n) is 11.1. The highest BCUT2D eigenvalue weighted by molar-refractivity contribution is 6.32. The van der Waals surface area contributed by atoms with Crippen LogP contribution >= 0.6 is 11.6 Å². The van der Waals surface area contributed by atoms with E-state index < -0.39 is 5.82 Å². The molecule has 0 aliphatic carbocycles. The molecule has 176 valence electrons. The molecule has 1 aliphatic heterocycles. The molecule has 0 radical (unpaired) electrons. The van der Waals surface area contributed by atoms with Crippen LogP contribution in [0.2, 0.25) is 5.02 Å². The lowest BCUT2D eigenvalue weighted by molar-refractivity contribution is 0.0340. The number of hydrogen-bond donors (Lipinski definition) is 1. The Balaban J connectivity index is 1.56. The van der Waals surface area contributed by atoms with E-state index in [-0.39, 0.29) is 16.1 Å². The van der Waals surface area contributed by atoms with E-state index >= 15 is 0 Å². The monoisotopic (exact) mass is 482 g/mol. The van der Waals surface area contributed by atoms with Gasteiger partial charge in [0.25, 0.3) is 11.1 Å². The van der Waals surface area contributed by atoms with Crippen LogP contribution < -0.4 is 11.1 Å². The zero-order valence-electron chi connectivity index (χ0n) is 18.7. The first-order valence-corrected chi connectivity index (χ1v) is 11.5. The molecule has 1 saturated heterocycles. The average Bonchev–Trinajstić information content (AvgIpc) is 3.14. The molecule has 0 saturated carbocycles. The molecule has 0 amide bonds. The van der Waals surface area contributed by atoms with E-state index in [9.17, 15) is 14.0 Å². The summed E-state index contributed by atoms with van der Waals surface area (Å²) in [6.45, 7) is 6.06. The van der Waals surface area contributed by atoms with Crippen LogP contribution in [-0.4, -0.2) is 45.6 Å². The largest absolute Gasteiger partial charge is 0.379 e. The molecular weight excluding hydrogens is 459 g/mol. The van der Waals surface area contributed by atoms with Crippen molar-refractivity contribution in [2.24, 2.45) is 0 Å². The van der Waals surface area contributed by atoms with Crippen molar-refractivity contribution in [2.45, 2.75) is 20.0 Å². The number of aromatic amines is 1. The zero-order valence-corrected chi connectivity index (χ0v) is 19.4. The summed E-state index contributed by atoms with van der Waals surface area (Å²) in [5.41, 5.74) is 2.93. The van der Waals surface area contributed by atoms with Crippen molar-refractivity contribution < 1.29 is 9.13 Å². The van der Waals surface area contributed by atoms with Gasteiger partial charge in [0.1, 0.15) is 5.82 Å². The lowest BCUT2D eigenvalue weighted by atomic mass is 10.1. The summed E-state index contributed by atoms with van der Waals surface area (Å²) in [6, 6.07) is 13.3.